The normalized spacial score (nSPS) is 18.1. The summed E-state index contributed by atoms with van der Waals surface area (Å²) in [6.45, 7) is 3.55. The number of anilines is 3. The molecular formula is C21H23N3O4. The maximum absolute atomic E-state index is 12.2. The van der Waals surface area contributed by atoms with E-state index in [1.54, 1.807) is 30.0 Å². The Balaban J connectivity index is 1.91. The first-order valence-corrected chi connectivity index (χ1v) is 9.10. The Bertz CT molecular complexity index is 895. The third-order valence-electron chi connectivity index (χ3n) is 4.90. The molecule has 2 aromatic rings. The van der Waals surface area contributed by atoms with E-state index in [1.807, 2.05) is 31.2 Å². The van der Waals surface area contributed by atoms with Crippen molar-refractivity contribution < 1.29 is 19.5 Å². The van der Waals surface area contributed by atoms with Gasteiger partial charge in [0.05, 0.1) is 12.5 Å². The lowest BCUT2D eigenvalue weighted by molar-refractivity contribution is -0.136. The minimum Gasteiger partial charge on any atom is -0.481 e. The molecule has 2 aromatic carbocycles. The van der Waals surface area contributed by atoms with E-state index in [0.717, 1.165) is 22.5 Å². The first kappa shape index (κ1) is 19.4. The molecule has 0 spiro atoms. The molecule has 7 heteroatoms. The fourth-order valence-electron chi connectivity index (χ4n) is 3.73. The van der Waals surface area contributed by atoms with E-state index >= 15 is 0 Å². The Kier molecular flexibility index (Phi) is 5.63. The number of nitrogens with one attached hydrogen (secondary N) is 2. The highest BCUT2D eigenvalue weighted by molar-refractivity contribution is 5.94. The molecule has 0 fully saturated rings. The van der Waals surface area contributed by atoms with Gasteiger partial charge in [-0.25, -0.2) is 0 Å². The molecular weight excluding hydrogens is 358 g/mol. The summed E-state index contributed by atoms with van der Waals surface area (Å²) in [5.74, 6) is -0.892. The van der Waals surface area contributed by atoms with E-state index < -0.39 is 5.97 Å². The van der Waals surface area contributed by atoms with Gasteiger partial charge in [-0.05, 0) is 49.2 Å². The second-order valence-electron chi connectivity index (χ2n) is 6.97. The largest absolute Gasteiger partial charge is 0.481 e. The van der Waals surface area contributed by atoms with Gasteiger partial charge in [-0.15, -0.1) is 0 Å². The molecule has 0 saturated carbocycles. The summed E-state index contributed by atoms with van der Waals surface area (Å²) in [6.07, 6.45) is 1.31. The summed E-state index contributed by atoms with van der Waals surface area (Å²) in [5, 5.41) is 15.0. The van der Waals surface area contributed by atoms with Crippen molar-refractivity contribution in [1.29, 1.82) is 0 Å². The fourth-order valence-corrected chi connectivity index (χ4v) is 3.73. The molecule has 1 aliphatic heterocycles. The van der Waals surface area contributed by atoms with Crippen molar-refractivity contribution in [1.82, 2.24) is 0 Å². The molecule has 3 N–H and O–H groups in total. The monoisotopic (exact) mass is 381 g/mol. The predicted octanol–water partition coefficient (Wildman–Crippen LogP) is 3.18. The third kappa shape index (κ3) is 4.14. The molecule has 0 aliphatic carbocycles. The quantitative estimate of drug-likeness (QED) is 0.668. The van der Waals surface area contributed by atoms with Crippen molar-refractivity contribution in [2.24, 2.45) is 0 Å². The molecule has 28 heavy (non-hydrogen) atoms. The van der Waals surface area contributed by atoms with E-state index in [9.17, 15) is 14.4 Å². The van der Waals surface area contributed by atoms with Crippen LogP contribution in [-0.4, -0.2) is 29.4 Å². The van der Waals surface area contributed by atoms with Crippen LogP contribution in [0.5, 0.6) is 0 Å². The highest BCUT2D eigenvalue weighted by Gasteiger charge is 2.32. The van der Waals surface area contributed by atoms with Crippen LogP contribution in [0.1, 0.15) is 37.4 Å². The summed E-state index contributed by atoms with van der Waals surface area (Å²) in [6, 6.07) is 12.7. The average molecular weight is 381 g/mol. The molecule has 0 radical (unpaired) electrons. The second kappa shape index (κ2) is 8.12. The number of fused-ring (bicyclic) bond motifs is 1. The lowest BCUT2D eigenvalue weighted by atomic mass is 9.90. The summed E-state index contributed by atoms with van der Waals surface area (Å²) in [4.78, 5) is 35.6. The van der Waals surface area contributed by atoms with Crippen LogP contribution in [0.2, 0.25) is 0 Å². The minimum absolute atomic E-state index is 0.0127. The molecule has 2 amide bonds. The summed E-state index contributed by atoms with van der Waals surface area (Å²) in [5.41, 5.74) is 4.01. The number of rotatable bonds is 6. The van der Waals surface area contributed by atoms with Gasteiger partial charge in [-0.2, -0.15) is 0 Å². The number of hydrogen-bond donors (Lipinski definition) is 3. The van der Waals surface area contributed by atoms with Crippen molar-refractivity contribution in [3.63, 3.8) is 0 Å². The zero-order chi connectivity index (χ0) is 20.3. The molecule has 1 heterocycles. The molecule has 2 unspecified atom stereocenters. The van der Waals surface area contributed by atoms with E-state index in [1.165, 1.54) is 0 Å². The SMILES string of the molecule is CC(=O)N1c2ccc(NC=O)cc2C(Nc2ccc(CC(=O)O)cc2)CC1C. The Morgan fingerprint density at radius 2 is 1.86 bits per heavy atom. The standard InChI is InChI=1S/C21H23N3O4/c1-13-9-19(23-16-5-3-15(4-6-16)10-21(27)28)18-11-17(22-12-25)7-8-20(18)24(13)14(2)26/h3-8,11-13,19,23H,9-10H2,1-2H3,(H,22,25)(H,27,28). The average Bonchev–Trinajstić information content (AvgIpc) is 2.63. The molecule has 0 saturated heterocycles. The summed E-state index contributed by atoms with van der Waals surface area (Å²) >= 11 is 0. The third-order valence-corrected chi connectivity index (χ3v) is 4.90. The smallest absolute Gasteiger partial charge is 0.307 e. The van der Waals surface area contributed by atoms with Gasteiger partial charge in [0, 0.05) is 35.6 Å². The first-order chi connectivity index (χ1) is 13.4. The number of carbonyl (C=O) groups excluding carboxylic acids is 2. The Labute approximate surface area is 163 Å². The van der Waals surface area contributed by atoms with Crippen LogP contribution < -0.4 is 15.5 Å². The number of carboxylic acid groups (broad SMARTS) is 1. The van der Waals surface area contributed by atoms with Gasteiger partial charge in [-0.1, -0.05) is 12.1 Å². The van der Waals surface area contributed by atoms with Crippen LogP contribution in [0.25, 0.3) is 0 Å². The van der Waals surface area contributed by atoms with Crippen molar-refractivity contribution in [3.8, 4) is 0 Å². The van der Waals surface area contributed by atoms with E-state index in [4.69, 9.17) is 5.11 Å². The van der Waals surface area contributed by atoms with Crippen molar-refractivity contribution >= 4 is 35.3 Å². The molecule has 3 rings (SSSR count). The van der Waals surface area contributed by atoms with Gasteiger partial charge in [0.25, 0.3) is 0 Å². The van der Waals surface area contributed by atoms with E-state index in [0.29, 0.717) is 18.5 Å². The zero-order valence-electron chi connectivity index (χ0n) is 15.8. The van der Waals surface area contributed by atoms with Gasteiger partial charge in [-0.3, -0.25) is 14.4 Å². The first-order valence-electron chi connectivity index (χ1n) is 9.10. The van der Waals surface area contributed by atoms with Gasteiger partial charge in [0.2, 0.25) is 12.3 Å². The van der Waals surface area contributed by atoms with Gasteiger partial charge in [0.15, 0.2) is 0 Å². The van der Waals surface area contributed by atoms with Crippen LogP contribution >= 0.6 is 0 Å². The van der Waals surface area contributed by atoms with Crippen LogP contribution in [0, 0.1) is 0 Å². The molecule has 0 bridgehead atoms. The Morgan fingerprint density at radius 3 is 2.46 bits per heavy atom. The predicted molar refractivity (Wildman–Crippen MR) is 108 cm³/mol. The second-order valence-corrected chi connectivity index (χ2v) is 6.97. The van der Waals surface area contributed by atoms with Gasteiger partial charge in [0.1, 0.15) is 0 Å². The molecule has 1 aliphatic rings. The lowest BCUT2D eigenvalue weighted by Gasteiger charge is -2.39. The van der Waals surface area contributed by atoms with Crippen molar-refractivity contribution in [2.75, 3.05) is 15.5 Å². The Hall–Kier alpha value is -3.35. The lowest BCUT2D eigenvalue weighted by Crippen LogP contribution is -2.43. The number of hydrogen-bond acceptors (Lipinski definition) is 4. The number of carboxylic acids is 1. The Morgan fingerprint density at radius 1 is 1.18 bits per heavy atom. The van der Waals surface area contributed by atoms with Crippen molar-refractivity contribution in [2.45, 2.75) is 38.8 Å². The maximum Gasteiger partial charge on any atom is 0.307 e. The molecule has 146 valence electrons. The fraction of sp³-hybridized carbons (Fsp3) is 0.286. The molecule has 0 aromatic heterocycles. The van der Waals surface area contributed by atoms with E-state index in [-0.39, 0.29) is 24.4 Å². The van der Waals surface area contributed by atoms with Crippen LogP contribution in [0.3, 0.4) is 0 Å². The summed E-state index contributed by atoms with van der Waals surface area (Å²) < 4.78 is 0. The maximum atomic E-state index is 12.2. The number of benzene rings is 2. The zero-order valence-corrected chi connectivity index (χ0v) is 15.8. The van der Waals surface area contributed by atoms with Crippen LogP contribution in [-0.2, 0) is 20.8 Å². The number of amides is 2. The van der Waals surface area contributed by atoms with E-state index in [2.05, 4.69) is 10.6 Å². The number of nitrogens with zero attached hydrogens (tertiary/aromatic N) is 1. The highest BCUT2D eigenvalue weighted by atomic mass is 16.4. The van der Waals surface area contributed by atoms with Crippen molar-refractivity contribution in [3.05, 3.63) is 53.6 Å². The van der Waals surface area contributed by atoms with Crippen LogP contribution in [0.15, 0.2) is 42.5 Å². The molecule has 2 atom stereocenters. The van der Waals surface area contributed by atoms with Gasteiger partial charge >= 0.3 is 5.97 Å². The minimum atomic E-state index is -0.865. The number of carbonyl (C=O) groups is 3. The molecule has 7 nitrogen and oxygen atoms in total. The number of aliphatic carboxylic acids is 1. The van der Waals surface area contributed by atoms with Gasteiger partial charge < -0.3 is 20.6 Å². The topological polar surface area (TPSA) is 98.7 Å². The van der Waals surface area contributed by atoms with Crippen LogP contribution in [0.4, 0.5) is 17.1 Å². The highest BCUT2D eigenvalue weighted by Crippen LogP contribution is 2.40. The summed E-state index contributed by atoms with van der Waals surface area (Å²) in [7, 11) is 0.